The molecule has 8 heteroatoms. The molecule has 0 atom stereocenters. The number of carbonyl (C=O) groups is 1. The molecule has 6 nitrogen and oxygen atoms in total. The van der Waals surface area contributed by atoms with Gasteiger partial charge in [-0.2, -0.15) is 10.4 Å². The van der Waals surface area contributed by atoms with Crippen molar-refractivity contribution in [3.63, 3.8) is 0 Å². The zero-order valence-corrected chi connectivity index (χ0v) is 17.3. The highest BCUT2D eigenvalue weighted by Crippen LogP contribution is 2.26. The van der Waals surface area contributed by atoms with Gasteiger partial charge in [0.1, 0.15) is 11.6 Å². The van der Waals surface area contributed by atoms with Gasteiger partial charge in [0, 0.05) is 26.8 Å². The van der Waals surface area contributed by atoms with Crippen molar-refractivity contribution in [3.05, 3.63) is 55.9 Å². The minimum absolute atomic E-state index is 0.0786. The Bertz CT molecular complexity index is 1050. The molecule has 0 unspecified atom stereocenters. The Morgan fingerprint density at radius 1 is 1.35 bits per heavy atom. The normalized spacial score (nSPS) is 10.7. The van der Waals surface area contributed by atoms with Crippen LogP contribution in [0.2, 0.25) is 0 Å². The first-order valence-corrected chi connectivity index (χ1v) is 9.48. The summed E-state index contributed by atoms with van der Waals surface area (Å²) in [4.78, 5) is 16.8. The summed E-state index contributed by atoms with van der Waals surface area (Å²) in [6.07, 6.45) is 2.38. The van der Waals surface area contributed by atoms with Crippen LogP contribution in [0.1, 0.15) is 28.9 Å². The van der Waals surface area contributed by atoms with Crippen LogP contribution in [0, 0.1) is 25.2 Å². The van der Waals surface area contributed by atoms with Crippen molar-refractivity contribution in [3.8, 4) is 6.07 Å². The van der Waals surface area contributed by atoms with Crippen LogP contribution in [0.5, 0.6) is 0 Å². The van der Waals surface area contributed by atoms with Crippen molar-refractivity contribution in [2.24, 2.45) is 0 Å². The molecule has 1 amide bonds. The molecule has 0 aliphatic heterocycles. The van der Waals surface area contributed by atoms with Gasteiger partial charge in [0.15, 0.2) is 5.65 Å². The lowest BCUT2D eigenvalue weighted by molar-refractivity contribution is -0.116. The van der Waals surface area contributed by atoms with Crippen LogP contribution >= 0.6 is 31.9 Å². The van der Waals surface area contributed by atoms with Gasteiger partial charge in [0.2, 0.25) is 5.91 Å². The minimum atomic E-state index is -0.0786. The molecule has 2 aromatic heterocycles. The molecule has 132 valence electrons. The highest BCUT2D eigenvalue weighted by Gasteiger charge is 2.15. The van der Waals surface area contributed by atoms with E-state index in [9.17, 15) is 4.79 Å². The largest absolute Gasteiger partial charge is 0.325 e. The molecule has 0 spiro atoms. The van der Waals surface area contributed by atoms with Crippen molar-refractivity contribution in [2.75, 3.05) is 5.32 Å². The van der Waals surface area contributed by atoms with Crippen molar-refractivity contribution < 1.29 is 4.79 Å². The topological polar surface area (TPSA) is 83.1 Å². The summed E-state index contributed by atoms with van der Waals surface area (Å²) in [5.74, 6) is -0.0786. The number of halogens is 2. The lowest BCUT2D eigenvalue weighted by atomic mass is 10.1. The highest BCUT2D eigenvalue weighted by atomic mass is 79.9. The summed E-state index contributed by atoms with van der Waals surface area (Å²) in [7, 11) is 0. The number of nitrogens with zero attached hydrogens (tertiary/aromatic N) is 4. The molecule has 0 radical (unpaired) electrons. The molecule has 0 saturated heterocycles. The monoisotopic (exact) mass is 475 g/mol. The quantitative estimate of drug-likeness (QED) is 0.607. The van der Waals surface area contributed by atoms with E-state index < -0.39 is 0 Å². The summed E-state index contributed by atoms with van der Waals surface area (Å²) in [6, 6.07) is 7.68. The zero-order valence-electron chi connectivity index (χ0n) is 14.2. The summed E-state index contributed by atoms with van der Waals surface area (Å²) in [6.45, 7) is 3.81. The van der Waals surface area contributed by atoms with Gasteiger partial charge in [-0.3, -0.25) is 4.79 Å². The molecular formula is C18H15Br2N5O. The van der Waals surface area contributed by atoms with Crippen molar-refractivity contribution in [2.45, 2.75) is 26.7 Å². The summed E-state index contributed by atoms with van der Waals surface area (Å²) >= 11 is 6.83. The van der Waals surface area contributed by atoms with E-state index in [2.05, 4.69) is 53.3 Å². The van der Waals surface area contributed by atoms with Crippen LogP contribution in [0.3, 0.4) is 0 Å². The molecule has 0 fully saturated rings. The number of aromatic nitrogens is 3. The lowest BCUT2D eigenvalue weighted by Gasteiger charge is -2.12. The second-order valence-electron chi connectivity index (χ2n) is 5.84. The maximum absolute atomic E-state index is 12.3. The summed E-state index contributed by atoms with van der Waals surface area (Å²) in [5.41, 5.74) is 4.40. The summed E-state index contributed by atoms with van der Waals surface area (Å²) < 4.78 is 3.41. The van der Waals surface area contributed by atoms with E-state index in [-0.39, 0.29) is 5.91 Å². The third-order valence-corrected chi connectivity index (χ3v) is 5.29. The third-order valence-electron chi connectivity index (χ3n) is 4.14. The predicted octanol–water partition coefficient (Wildman–Crippen LogP) is 4.31. The van der Waals surface area contributed by atoms with Gasteiger partial charge in [-0.05, 0) is 60.0 Å². The molecule has 0 saturated carbocycles. The number of aryl methyl sites for hydroxylation is 2. The third kappa shape index (κ3) is 3.64. The molecule has 1 aromatic carbocycles. The number of anilines is 1. The van der Waals surface area contributed by atoms with Crippen molar-refractivity contribution >= 4 is 49.1 Å². The first-order chi connectivity index (χ1) is 12.4. The first kappa shape index (κ1) is 18.5. The van der Waals surface area contributed by atoms with Gasteiger partial charge in [-0.15, -0.1) is 0 Å². The maximum Gasteiger partial charge on any atom is 0.224 e. The first-order valence-electron chi connectivity index (χ1n) is 7.89. The Kier molecular flexibility index (Phi) is 5.39. The fourth-order valence-electron chi connectivity index (χ4n) is 2.79. The molecule has 0 aliphatic rings. The number of carbonyl (C=O) groups excluding carboxylic acids is 1. The number of benzene rings is 1. The fourth-order valence-corrected chi connectivity index (χ4v) is 3.94. The van der Waals surface area contributed by atoms with Crippen LogP contribution < -0.4 is 5.32 Å². The van der Waals surface area contributed by atoms with Crippen LogP contribution in [0.4, 0.5) is 5.69 Å². The lowest BCUT2D eigenvalue weighted by Crippen LogP contribution is -2.14. The van der Waals surface area contributed by atoms with Gasteiger partial charge in [-0.25, -0.2) is 9.50 Å². The Morgan fingerprint density at radius 2 is 2.12 bits per heavy atom. The minimum Gasteiger partial charge on any atom is -0.325 e. The van der Waals surface area contributed by atoms with Crippen molar-refractivity contribution in [1.82, 2.24) is 14.6 Å². The van der Waals surface area contributed by atoms with E-state index in [1.165, 1.54) is 6.20 Å². The van der Waals surface area contributed by atoms with Gasteiger partial charge in [0.25, 0.3) is 0 Å². The second kappa shape index (κ2) is 7.56. The molecule has 0 aliphatic carbocycles. The number of hydrogen-bond donors (Lipinski definition) is 1. The summed E-state index contributed by atoms with van der Waals surface area (Å²) in [5, 5.41) is 16.3. The van der Waals surface area contributed by atoms with Crippen molar-refractivity contribution in [1.29, 1.82) is 5.26 Å². The number of nitrogens with one attached hydrogen (secondary N) is 1. The molecular weight excluding hydrogens is 462 g/mol. The van der Waals surface area contributed by atoms with Crippen LogP contribution in [0.15, 0.2) is 33.3 Å². The van der Waals surface area contributed by atoms with E-state index in [0.29, 0.717) is 24.1 Å². The van der Waals surface area contributed by atoms with E-state index in [4.69, 9.17) is 5.26 Å². The number of fused-ring (bicyclic) bond motifs is 1. The Balaban J connectivity index is 1.77. The highest BCUT2D eigenvalue weighted by molar-refractivity contribution is 9.11. The average molecular weight is 477 g/mol. The standard InChI is InChI=1S/C18H15Br2N5O/c1-10-14(11(2)25-18(23-10)12(8-21)9-22-25)4-6-17(26)24-16-5-3-13(19)7-15(16)20/h3,5,7,9H,4,6H2,1-2H3,(H,24,26). The smallest absolute Gasteiger partial charge is 0.224 e. The SMILES string of the molecule is Cc1nc2c(C#N)cnn2c(C)c1CCC(=O)Nc1ccc(Br)cc1Br. The van der Waals surface area contributed by atoms with Crippen LogP contribution in [-0.2, 0) is 11.2 Å². The van der Waals surface area contributed by atoms with Gasteiger partial charge < -0.3 is 5.32 Å². The molecule has 26 heavy (non-hydrogen) atoms. The van der Waals surface area contributed by atoms with Crippen LogP contribution in [-0.4, -0.2) is 20.5 Å². The number of amides is 1. The van der Waals surface area contributed by atoms with E-state index in [1.807, 2.05) is 32.0 Å². The van der Waals surface area contributed by atoms with E-state index in [0.717, 1.165) is 31.6 Å². The fraction of sp³-hybridized carbons (Fsp3) is 0.222. The Morgan fingerprint density at radius 3 is 2.81 bits per heavy atom. The maximum atomic E-state index is 12.3. The Labute approximate surface area is 167 Å². The predicted molar refractivity (Wildman–Crippen MR) is 106 cm³/mol. The number of nitriles is 1. The van der Waals surface area contributed by atoms with Crippen LogP contribution in [0.25, 0.3) is 5.65 Å². The Hall–Kier alpha value is -2.24. The van der Waals surface area contributed by atoms with E-state index >= 15 is 0 Å². The number of hydrogen-bond acceptors (Lipinski definition) is 4. The average Bonchev–Trinajstić information content (AvgIpc) is 3.00. The zero-order chi connectivity index (χ0) is 18.8. The molecule has 3 aromatic rings. The molecule has 0 bridgehead atoms. The second-order valence-corrected chi connectivity index (χ2v) is 7.61. The molecule has 2 heterocycles. The number of rotatable bonds is 4. The van der Waals surface area contributed by atoms with Gasteiger partial charge in [-0.1, -0.05) is 15.9 Å². The van der Waals surface area contributed by atoms with Gasteiger partial charge >= 0.3 is 0 Å². The van der Waals surface area contributed by atoms with E-state index in [1.54, 1.807) is 4.52 Å². The molecule has 3 rings (SSSR count). The molecule has 1 N–H and O–H groups in total. The van der Waals surface area contributed by atoms with Gasteiger partial charge in [0.05, 0.1) is 11.9 Å².